The van der Waals surface area contributed by atoms with E-state index in [9.17, 15) is 18.6 Å². The second-order valence-electron chi connectivity index (χ2n) is 6.20. The van der Waals surface area contributed by atoms with Gasteiger partial charge in [-0.1, -0.05) is 13.8 Å². The third-order valence-electron chi connectivity index (χ3n) is 3.81. The zero-order valence-electron chi connectivity index (χ0n) is 14.5. The highest BCUT2D eigenvalue weighted by Crippen LogP contribution is 2.37. The monoisotopic (exact) mass is 420 g/mol. The van der Waals surface area contributed by atoms with Gasteiger partial charge in [0.1, 0.15) is 35.5 Å². The average Bonchev–Trinajstić information content (AvgIpc) is 3.04. The molecule has 12 nitrogen and oxygen atoms in total. The Bertz CT molecular complexity index is 935. The fourth-order valence-electron chi connectivity index (χ4n) is 2.68. The lowest BCUT2D eigenvalue weighted by atomic mass is 10.1. The number of aromatic nitrogens is 4. The van der Waals surface area contributed by atoms with Crippen LogP contribution in [0.4, 0.5) is 5.82 Å². The quantitative estimate of drug-likeness (QED) is 0.408. The van der Waals surface area contributed by atoms with E-state index in [1.807, 2.05) is 13.8 Å². The molecule has 6 N–H and O–H groups in total. The number of nitrogen functional groups attached to an aromatic ring is 1. The Labute approximate surface area is 159 Å². The van der Waals surface area contributed by atoms with Crippen molar-refractivity contribution < 1.29 is 27.6 Å². The third-order valence-corrected chi connectivity index (χ3v) is 5.25. The molecule has 4 atom stereocenters. The SMILES string of the molecule is CC(C)Sc1nn([C@@H]2O[C@@H](COS(N)(=O)=O)[C@@H](O)[C@H]2O)c2ncnc(N)c12. The van der Waals surface area contributed by atoms with E-state index < -0.39 is 41.5 Å². The Morgan fingerprint density at radius 3 is 2.70 bits per heavy atom. The zero-order chi connectivity index (χ0) is 19.9. The van der Waals surface area contributed by atoms with E-state index in [0.717, 1.165) is 0 Å². The summed E-state index contributed by atoms with van der Waals surface area (Å²) in [4.78, 5) is 8.13. The van der Waals surface area contributed by atoms with Crippen molar-refractivity contribution in [3.63, 3.8) is 0 Å². The van der Waals surface area contributed by atoms with Gasteiger partial charge in [0.25, 0.3) is 0 Å². The second kappa shape index (κ2) is 7.46. The molecule has 1 aliphatic heterocycles. The van der Waals surface area contributed by atoms with Gasteiger partial charge in [-0.25, -0.2) is 19.8 Å². The summed E-state index contributed by atoms with van der Waals surface area (Å²) >= 11 is 1.43. The van der Waals surface area contributed by atoms with Gasteiger partial charge in [0.05, 0.1) is 12.0 Å². The van der Waals surface area contributed by atoms with E-state index in [-0.39, 0.29) is 11.1 Å². The van der Waals surface area contributed by atoms with E-state index in [1.165, 1.54) is 22.8 Å². The summed E-state index contributed by atoms with van der Waals surface area (Å²) in [5.74, 6) is 0.219. The summed E-state index contributed by atoms with van der Waals surface area (Å²) in [6, 6.07) is 0. The zero-order valence-corrected chi connectivity index (χ0v) is 16.1. The smallest absolute Gasteiger partial charge is 0.333 e. The molecule has 150 valence electrons. The number of hydrogen-bond donors (Lipinski definition) is 4. The number of hydrogen-bond acceptors (Lipinski definition) is 11. The lowest BCUT2D eigenvalue weighted by Crippen LogP contribution is -2.35. The van der Waals surface area contributed by atoms with Crippen molar-refractivity contribution in [1.82, 2.24) is 19.7 Å². The van der Waals surface area contributed by atoms with Crippen molar-refractivity contribution in [3.05, 3.63) is 6.33 Å². The van der Waals surface area contributed by atoms with Gasteiger partial charge in [0.2, 0.25) is 0 Å². The van der Waals surface area contributed by atoms with Gasteiger partial charge in [0.15, 0.2) is 11.9 Å². The number of anilines is 1. The number of thioether (sulfide) groups is 1. The number of aliphatic hydroxyl groups excluding tert-OH is 2. The van der Waals surface area contributed by atoms with Gasteiger partial charge in [0, 0.05) is 5.25 Å². The molecule has 0 aromatic carbocycles. The standard InChI is InChI=1S/C13H20N6O6S2/c1-5(2)26-12-7-10(14)16-4-17-11(7)19(18-12)13-9(21)8(20)6(25-13)3-24-27(15,22)23/h4-6,8-9,13,20-21H,3H2,1-2H3,(H2,14,16,17)(H2,15,22,23)/t6-,8+,9+,13+/m0/s1. The number of aliphatic hydroxyl groups is 2. The number of ether oxygens (including phenoxy) is 1. The molecule has 0 unspecified atom stereocenters. The molecule has 0 amide bonds. The van der Waals surface area contributed by atoms with Crippen LogP contribution in [0.25, 0.3) is 11.0 Å². The first-order chi connectivity index (χ1) is 12.6. The molecule has 2 aromatic rings. The van der Waals surface area contributed by atoms with E-state index in [2.05, 4.69) is 19.2 Å². The summed E-state index contributed by atoms with van der Waals surface area (Å²) in [5.41, 5.74) is 6.27. The molecular formula is C13H20N6O6S2. The molecule has 2 aromatic heterocycles. The largest absolute Gasteiger partial charge is 0.387 e. The minimum atomic E-state index is -4.22. The molecule has 0 aliphatic carbocycles. The van der Waals surface area contributed by atoms with Crippen LogP contribution in [0.5, 0.6) is 0 Å². The summed E-state index contributed by atoms with van der Waals surface area (Å²) in [6.07, 6.45) is -3.85. The molecule has 0 bridgehead atoms. The second-order valence-corrected chi connectivity index (χ2v) is 8.98. The molecule has 3 heterocycles. The molecule has 14 heteroatoms. The highest BCUT2D eigenvalue weighted by atomic mass is 32.2. The topological polar surface area (TPSA) is 189 Å². The molecule has 1 fully saturated rings. The van der Waals surface area contributed by atoms with Crippen molar-refractivity contribution in [2.24, 2.45) is 5.14 Å². The predicted molar refractivity (Wildman–Crippen MR) is 95.7 cm³/mol. The van der Waals surface area contributed by atoms with Crippen LogP contribution in [-0.4, -0.2) is 68.5 Å². The minimum absolute atomic E-state index is 0.187. The van der Waals surface area contributed by atoms with Gasteiger partial charge < -0.3 is 20.7 Å². The predicted octanol–water partition coefficient (Wildman–Crippen LogP) is -1.25. The molecule has 0 spiro atoms. The van der Waals surface area contributed by atoms with E-state index in [4.69, 9.17) is 15.6 Å². The maximum atomic E-state index is 11.0. The van der Waals surface area contributed by atoms with Crippen LogP contribution in [0.1, 0.15) is 20.1 Å². The Hall–Kier alpha value is -1.55. The molecule has 0 saturated carbocycles. The summed E-state index contributed by atoms with van der Waals surface area (Å²) in [7, 11) is -4.22. The molecule has 0 radical (unpaired) electrons. The van der Waals surface area contributed by atoms with Gasteiger partial charge in [-0.05, 0) is 0 Å². The summed E-state index contributed by atoms with van der Waals surface area (Å²) < 4.78 is 33.2. The highest BCUT2D eigenvalue weighted by Gasteiger charge is 2.45. The minimum Gasteiger partial charge on any atom is -0.387 e. The maximum Gasteiger partial charge on any atom is 0.333 e. The van der Waals surface area contributed by atoms with Gasteiger partial charge in [-0.2, -0.15) is 13.5 Å². The normalized spacial score (nSPS) is 26.3. The molecule has 1 saturated heterocycles. The van der Waals surface area contributed by atoms with Crippen molar-refractivity contribution in [2.75, 3.05) is 12.3 Å². The van der Waals surface area contributed by atoms with E-state index in [1.54, 1.807) is 0 Å². The van der Waals surface area contributed by atoms with Crippen molar-refractivity contribution in [3.8, 4) is 0 Å². The van der Waals surface area contributed by atoms with Crippen LogP contribution >= 0.6 is 11.8 Å². The summed E-state index contributed by atoms with van der Waals surface area (Å²) in [5, 5.41) is 31.0. The lowest BCUT2D eigenvalue weighted by molar-refractivity contribution is -0.0531. The Morgan fingerprint density at radius 2 is 2.07 bits per heavy atom. The molecule has 3 rings (SSSR count). The van der Waals surface area contributed by atoms with Crippen LogP contribution in [0.3, 0.4) is 0 Å². The van der Waals surface area contributed by atoms with E-state index >= 15 is 0 Å². The first-order valence-electron chi connectivity index (χ1n) is 7.92. The maximum absolute atomic E-state index is 11.0. The highest BCUT2D eigenvalue weighted by molar-refractivity contribution is 8.00. The fraction of sp³-hybridized carbons (Fsp3) is 0.615. The van der Waals surface area contributed by atoms with Crippen LogP contribution in [0, 0.1) is 0 Å². The fourth-order valence-corrected chi connectivity index (χ4v) is 3.90. The average molecular weight is 420 g/mol. The van der Waals surface area contributed by atoms with Gasteiger partial charge >= 0.3 is 10.3 Å². The Balaban J connectivity index is 1.96. The summed E-state index contributed by atoms with van der Waals surface area (Å²) in [6.45, 7) is 3.39. The third kappa shape index (κ3) is 4.16. The van der Waals surface area contributed by atoms with E-state index in [0.29, 0.717) is 16.1 Å². The van der Waals surface area contributed by atoms with Gasteiger partial charge in [-0.15, -0.1) is 11.8 Å². The number of nitrogens with two attached hydrogens (primary N) is 2. The first-order valence-corrected chi connectivity index (χ1v) is 10.3. The van der Waals surface area contributed by atoms with Crippen LogP contribution in [-0.2, 0) is 19.2 Å². The lowest BCUT2D eigenvalue weighted by Gasteiger charge is -2.15. The Kier molecular flexibility index (Phi) is 5.58. The van der Waals surface area contributed by atoms with Crippen LogP contribution < -0.4 is 10.9 Å². The van der Waals surface area contributed by atoms with Crippen molar-refractivity contribution >= 4 is 38.9 Å². The number of rotatable bonds is 6. The van der Waals surface area contributed by atoms with Crippen LogP contribution in [0.15, 0.2) is 11.4 Å². The number of fused-ring (bicyclic) bond motifs is 1. The number of nitrogens with zero attached hydrogens (tertiary/aromatic N) is 4. The van der Waals surface area contributed by atoms with Gasteiger partial charge in [-0.3, -0.25) is 4.18 Å². The Morgan fingerprint density at radius 1 is 1.37 bits per heavy atom. The molecule has 1 aliphatic rings. The van der Waals surface area contributed by atoms with Crippen molar-refractivity contribution in [2.45, 2.75) is 48.7 Å². The molecular weight excluding hydrogens is 400 g/mol. The first kappa shape index (κ1) is 20.2. The van der Waals surface area contributed by atoms with Crippen LogP contribution in [0.2, 0.25) is 0 Å². The molecule has 27 heavy (non-hydrogen) atoms. The van der Waals surface area contributed by atoms with Crippen molar-refractivity contribution in [1.29, 1.82) is 0 Å².